The van der Waals surface area contributed by atoms with Gasteiger partial charge in [-0.25, -0.2) is 8.42 Å². The molecule has 3 nitrogen and oxygen atoms in total. The van der Waals surface area contributed by atoms with Crippen LogP contribution in [0.25, 0.3) is 0 Å². The van der Waals surface area contributed by atoms with Gasteiger partial charge in [-0.2, -0.15) is 0 Å². The van der Waals surface area contributed by atoms with Gasteiger partial charge in [0.25, 0.3) is 9.05 Å². The lowest BCUT2D eigenvalue weighted by Crippen LogP contribution is -2.09. The highest BCUT2D eigenvalue weighted by Gasteiger charge is 1.94. The molecule has 1 heterocycles. The van der Waals surface area contributed by atoms with Crippen LogP contribution >= 0.6 is 10.7 Å². The summed E-state index contributed by atoms with van der Waals surface area (Å²) >= 11 is 0. The quantitative estimate of drug-likeness (QED) is 0.600. The van der Waals surface area contributed by atoms with Gasteiger partial charge in [-0.1, -0.05) is 6.08 Å². The highest BCUT2D eigenvalue weighted by molar-refractivity contribution is 8.16. The Labute approximate surface area is 71.4 Å². The predicted octanol–water partition coefficient (Wildman–Crippen LogP) is 1.50. The third kappa shape index (κ3) is 9.94. The van der Waals surface area contributed by atoms with Crippen molar-refractivity contribution in [1.29, 1.82) is 0 Å². The number of allylic oxidation sites excluding steroid dienone is 1. The van der Waals surface area contributed by atoms with Gasteiger partial charge in [0.05, 0.1) is 0 Å². The molecule has 0 amide bonds. The maximum atomic E-state index is 9.91. The van der Waals surface area contributed by atoms with E-state index in [1.165, 1.54) is 12.5 Å². The average molecular weight is 199 g/mol. The molecule has 1 aliphatic heterocycles. The highest BCUT2D eigenvalue weighted by Crippen LogP contribution is 1.95. The molecule has 5 heteroatoms. The van der Waals surface area contributed by atoms with E-state index in [-0.39, 0.29) is 0 Å². The van der Waals surface area contributed by atoms with Gasteiger partial charge in [0, 0.05) is 29.3 Å². The summed E-state index contributed by atoms with van der Waals surface area (Å²) in [6.07, 6.45) is 2.64. The van der Waals surface area contributed by atoms with E-state index in [0.717, 1.165) is 18.6 Å². The summed E-state index contributed by atoms with van der Waals surface area (Å²) in [5.41, 5.74) is 0. The Morgan fingerprint density at radius 1 is 1.45 bits per heavy atom. The molecule has 0 spiro atoms. The number of hydrogen-bond donors (Lipinski definition) is 0. The van der Waals surface area contributed by atoms with Gasteiger partial charge >= 0.3 is 0 Å². The molecule has 11 heavy (non-hydrogen) atoms. The van der Waals surface area contributed by atoms with Crippen molar-refractivity contribution in [2.45, 2.75) is 13.3 Å². The van der Waals surface area contributed by atoms with Gasteiger partial charge < -0.3 is 4.74 Å². The molecule has 0 N–H and O–H groups in total. The molecule has 66 valence electrons. The fourth-order valence-corrected chi connectivity index (χ4v) is 0.941. The van der Waals surface area contributed by atoms with Crippen molar-refractivity contribution in [1.82, 2.24) is 0 Å². The zero-order valence-corrected chi connectivity index (χ0v) is 7.86. The van der Waals surface area contributed by atoms with Gasteiger partial charge in [-0.05, 0) is 13.3 Å². The molecule has 0 aromatic carbocycles. The first-order valence-corrected chi connectivity index (χ1v) is 5.58. The summed E-state index contributed by atoms with van der Waals surface area (Å²) in [6.45, 7) is 3.58. The fraction of sp³-hybridized carbons (Fsp3) is 0.667. The van der Waals surface area contributed by atoms with Crippen LogP contribution in [0.5, 0.6) is 0 Å². The summed E-state index contributed by atoms with van der Waals surface area (Å²) in [5.74, 6) is 0. The summed E-state index contributed by atoms with van der Waals surface area (Å²) < 4.78 is 24.5. The summed E-state index contributed by atoms with van der Waals surface area (Å²) in [5, 5.41) is 0.925. The van der Waals surface area contributed by atoms with Crippen molar-refractivity contribution in [3.8, 4) is 0 Å². The lowest BCUT2D eigenvalue weighted by molar-refractivity contribution is 0.0367. The normalized spacial score (nSPS) is 16.9. The number of hydrogen-bond acceptors (Lipinski definition) is 3. The Hall–Kier alpha value is -0.0600. The van der Waals surface area contributed by atoms with Crippen LogP contribution in [0.3, 0.4) is 0 Å². The number of rotatable bonds is 1. The zero-order chi connectivity index (χ0) is 8.74. The maximum Gasteiger partial charge on any atom is 0.254 e. The van der Waals surface area contributed by atoms with Crippen LogP contribution in [0.15, 0.2) is 11.5 Å². The fourth-order valence-electron chi connectivity index (χ4n) is 0.307. The van der Waals surface area contributed by atoms with Gasteiger partial charge in [0.2, 0.25) is 0 Å². The van der Waals surface area contributed by atoms with E-state index in [4.69, 9.17) is 15.4 Å². The monoisotopic (exact) mass is 198 g/mol. The number of halogens is 1. The molecule has 0 saturated carbocycles. The molecular formula is C6H11ClO3S. The topological polar surface area (TPSA) is 43.4 Å². The smallest absolute Gasteiger partial charge is 0.254 e. The first kappa shape index (κ1) is 10.9. The number of ether oxygens (including phenoxy) is 1. The van der Waals surface area contributed by atoms with Crippen LogP contribution in [0.2, 0.25) is 0 Å². The molecule has 0 bridgehead atoms. The predicted molar refractivity (Wildman–Crippen MR) is 45.0 cm³/mol. The molecule has 1 aliphatic rings. The summed E-state index contributed by atoms with van der Waals surface area (Å²) in [6, 6.07) is 0. The van der Waals surface area contributed by atoms with Gasteiger partial charge in [-0.3, -0.25) is 0 Å². The Kier molecular flexibility index (Phi) is 5.54. The SMILES string of the molecule is C1COC1.CC=CS(=O)(=O)Cl. The first-order chi connectivity index (χ1) is 5.06. The minimum absolute atomic E-state index is 0.925. The van der Waals surface area contributed by atoms with Gasteiger partial charge in [-0.15, -0.1) is 0 Å². The van der Waals surface area contributed by atoms with Gasteiger partial charge in [0.1, 0.15) is 0 Å². The summed E-state index contributed by atoms with van der Waals surface area (Å²) in [4.78, 5) is 0. The standard InChI is InChI=1S/C3H5ClO2S.C3H6O/c1-2-3-7(4,5)6;1-2-4-3-1/h2-3H,1H3;1-3H2. The minimum Gasteiger partial charge on any atom is -0.381 e. The molecule has 0 atom stereocenters. The molecule has 1 rings (SSSR count). The van der Waals surface area contributed by atoms with E-state index in [9.17, 15) is 8.42 Å². The third-order valence-corrected chi connectivity index (χ3v) is 1.78. The molecule has 1 saturated heterocycles. The molecule has 0 aromatic rings. The molecule has 0 unspecified atom stereocenters. The van der Waals surface area contributed by atoms with Crippen LogP contribution in [-0.2, 0) is 13.8 Å². The highest BCUT2D eigenvalue weighted by atomic mass is 35.7. The molecule has 0 aromatic heterocycles. The van der Waals surface area contributed by atoms with E-state index >= 15 is 0 Å². The Bertz CT molecular complexity index is 200. The maximum absolute atomic E-state index is 9.91. The van der Waals surface area contributed by atoms with E-state index in [0.29, 0.717) is 0 Å². The first-order valence-electron chi connectivity index (χ1n) is 3.21. The average Bonchev–Trinajstić information content (AvgIpc) is 1.54. The van der Waals surface area contributed by atoms with Crippen molar-refractivity contribution < 1.29 is 13.2 Å². The largest absolute Gasteiger partial charge is 0.381 e. The lowest BCUT2D eigenvalue weighted by atomic mass is 10.4. The second kappa shape index (κ2) is 5.57. The van der Waals surface area contributed by atoms with Crippen LogP contribution < -0.4 is 0 Å². The lowest BCUT2D eigenvalue weighted by Gasteiger charge is -2.09. The van der Waals surface area contributed by atoms with E-state index in [1.54, 1.807) is 6.92 Å². The summed E-state index contributed by atoms with van der Waals surface area (Å²) in [7, 11) is 1.34. The third-order valence-electron chi connectivity index (χ3n) is 0.876. The minimum atomic E-state index is -3.38. The Morgan fingerprint density at radius 2 is 1.82 bits per heavy atom. The molecule has 0 radical (unpaired) electrons. The van der Waals surface area contributed by atoms with Crippen LogP contribution in [0.1, 0.15) is 13.3 Å². The van der Waals surface area contributed by atoms with E-state index < -0.39 is 9.05 Å². The molecule has 0 aliphatic carbocycles. The van der Waals surface area contributed by atoms with Crippen molar-refractivity contribution in [3.05, 3.63) is 11.5 Å². The molecular weight excluding hydrogens is 188 g/mol. The van der Waals surface area contributed by atoms with Crippen molar-refractivity contribution in [2.75, 3.05) is 13.2 Å². The van der Waals surface area contributed by atoms with E-state index in [2.05, 4.69) is 0 Å². The van der Waals surface area contributed by atoms with Crippen molar-refractivity contribution >= 4 is 19.7 Å². The Morgan fingerprint density at radius 3 is 1.82 bits per heavy atom. The second-order valence-corrected chi connectivity index (χ2v) is 4.42. The van der Waals surface area contributed by atoms with Gasteiger partial charge in [0.15, 0.2) is 0 Å². The Balaban J connectivity index is 0.000000207. The van der Waals surface area contributed by atoms with Crippen LogP contribution in [0.4, 0.5) is 0 Å². The molecule has 1 fully saturated rings. The van der Waals surface area contributed by atoms with E-state index in [1.807, 2.05) is 0 Å². The van der Waals surface area contributed by atoms with Crippen molar-refractivity contribution in [2.24, 2.45) is 0 Å². The second-order valence-electron chi connectivity index (χ2n) is 1.91. The van der Waals surface area contributed by atoms with Crippen LogP contribution in [0, 0.1) is 0 Å². The van der Waals surface area contributed by atoms with Crippen LogP contribution in [-0.4, -0.2) is 21.6 Å². The van der Waals surface area contributed by atoms with Crippen molar-refractivity contribution in [3.63, 3.8) is 0 Å². The zero-order valence-electron chi connectivity index (χ0n) is 6.29.